The molecular weight excluding hydrogens is 312 g/mol. The lowest BCUT2D eigenvalue weighted by molar-refractivity contribution is -0.146. The first kappa shape index (κ1) is 16.6. The van der Waals surface area contributed by atoms with Crippen molar-refractivity contribution >= 4 is 17.7 Å². The van der Waals surface area contributed by atoms with Crippen LogP contribution in [0.25, 0.3) is 0 Å². The lowest BCUT2D eigenvalue weighted by atomic mass is 10.1. The van der Waals surface area contributed by atoms with Crippen molar-refractivity contribution in [2.45, 2.75) is 25.8 Å². The van der Waals surface area contributed by atoms with Crippen LogP contribution in [0.5, 0.6) is 0 Å². The fraction of sp³-hybridized carbons (Fsp3) is 0.385. The van der Waals surface area contributed by atoms with Crippen molar-refractivity contribution in [3.63, 3.8) is 0 Å². The van der Waals surface area contributed by atoms with E-state index in [0.717, 1.165) is 15.6 Å². The Morgan fingerprint density at radius 2 is 2.04 bits per heavy atom. The van der Waals surface area contributed by atoms with E-state index in [4.69, 9.17) is 5.11 Å². The number of amides is 1. The summed E-state index contributed by atoms with van der Waals surface area (Å²) in [5, 5.41) is 19.0. The second kappa shape index (κ2) is 5.78. The molecule has 0 bridgehead atoms. The van der Waals surface area contributed by atoms with Crippen LogP contribution in [0.2, 0.25) is 0 Å². The van der Waals surface area contributed by atoms with E-state index in [0.29, 0.717) is 0 Å². The molecule has 23 heavy (non-hydrogen) atoms. The molecule has 0 saturated heterocycles. The number of aryl methyl sites for hydroxylation is 1. The van der Waals surface area contributed by atoms with E-state index in [1.54, 1.807) is 0 Å². The molecule has 10 heteroatoms. The van der Waals surface area contributed by atoms with E-state index in [1.807, 2.05) is 0 Å². The average molecular weight is 327 g/mol. The molecule has 2 rings (SSSR count). The van der Waals surface area contributed by atoms with Crippen molar-refractivity contribution in [1.29, 1.82) is 0 Å². The molecule has 124 valence electrons. The lowest BCUT2D eigenvalue weighted by Crippen LogP contribution is -2.36. The Morgan fingerprint density at radius 3 is 2.61 bits per heavy atom. The average Bonchev–Trinajstić information content (AvgIpc) is 3.05. The number of aromatic nitrogens is 4. The number of nitrogens with zero attached hydrogens (tertiary/aromatic N) is 4. The molecule has 0 aliphatic rings. The number of hydrogen-bond acceptors (Lipinski definition) is 4. The first-order valence-electron chi connectivity index (χ1n) is 6.55. The van der Waals surface area contributed by atoms with Crippen LogP contribution in [0.15, 0.2) is 18.5 Å². The Balaban J connectivity index is 2.23. The van der Waals surface area contributed by atoms with Gasteiger partial charge < -0.3 is 10.4 Å². The van der Waals surface area contributed by atoms with Crippen LogP contribution in [0.3, 0.4) is 0 Å². The SMILES string of the molecule is Cn1ncc(C(=O)Nc2ccn(C(C)(C)C(=O)O)n2)c1C(F)F. The molecule has 0 aliphatic heterocycles. The number of halogens is 2. The van der Waals surface area contributed by atoms with Crippen molar-refractivity contribution in [2.75, 3.05) is 5.32 Å². The van der Waals surface area contributed by atoms with Crippen LogP contribution in [-0.4, -0.2) is 36.5 Å². The van der Waals surface area contributed by atoms with Gasteiger partial charge in [-0.05, 0) is 13.8 Å². The maximum Gasteiger partial charge on any atom is 0.331 e. The number of alkyl halides is 2. The Morgan fingerprint density at radius 1 is 1.39 bits per heavy atom. The maximum atomic E-state index is 12.9. The van der Waals surface area contributed by atoms with Crippen LogP contribution in [0.4, 0.5) is 14.6 Å². The molecule has 2 heterocycles. The third kappa shape index (κ3) is 3.05. The van der Waals surface area contributed by atoms with E-state index < -0.39 is 29.5 Å². The third-order valence-electron chi connectivity index (χ3n) is 3.36. The summed E-state index contributed by atoms with van der Waals surface area (Å²) in [6.45, 7) is 2.87. The topological polar surface area (TPSA) is 102 Å². The number of aliphatic carboxylic acids is 1. The first-order chi connectivity index (χ1) is 10.6. The van der Waals surface area contributed by atoms with Gasteiger partial charge in [0.25, 0.3) is 12.3 Å². The van der Waals surface area contributed by atoms with Crippen molar-refractivity contribution in [3.8, 4) is 0 Å². The summed E-state index contributed by atoms with van der Waals surface area (Å²) in [5.41, 5.74) is -2.09. The number of nitrogens with one attached hydrogen (secondary N) is 1. The van der Waals surface area contributed by atoms with Gasteiger partial charge in [0.05, 0.1) is 11.8 Å². The maximum absolute atomic E-state index is 12.9. The van der Waals surface area contributed by atoms with Crippen LogP contribution in [-0.2, 0) is 17.4 Å². The minimum atomic E-state index is -2.85. The molecule has 0 aromatic carbocycles. The van der Waals surface area contributed by atoms with Crippen LogP contribution in [0.1, 0.15) is 36.3 Å². The lowest BCUT2D eigenvalue weighted by Gasteiger charge is -2.19. The zero-order valence-electron chi connectivity index (χ0n) is 12.6. The molecule has 0 spiro atoms. The molecule has 8 nitrogen and oxygen atoms in total. The monoisotopic (exact) mass is 327 g/mol. The Kier molecular flexibility index (Phi) is 4.17. The van der Waals surface area contributed by atoms with E-state index in [-0.39, 0.29) is 11.4 Å². The van der Waals surface area contributed by atoms with Crippen molar-refractivity contribution < 1.29 is 23.5 Å². The van der Waals surface area contributed by atoms with Gasteiger partial charge in [-0.1, -0.05) is 0 Å². The van der Waals surface area contributed by atoms with E-state index >= 15 is 0 Å². The summed E-state index contributed by atoms with van der Waals surface area (Å²) in [7, 11) is 1.31. The normalized spacial score (nSPS) is 11.7. The highest BCUT2D eigenvalue weighted by molar-refractivity contribution is 6.04. The number of anilines is 1. The highest BCUT2D eigenvalue weighted by atomic mass is 19.3. The minimum absolute atomic E-state index is 0.0494. The van der Waals surface area contributed by atoms with Crippen molar-refractivity contribution in [1.82, 2.24) is 19.6 Å². The summed E-state index contributed by atoms with van der Waals surface area (Å²) in [5.74, 6) is -1.86. The molecule has 0 radical (unpaired) electrons. The smallest absolute Gasteiger partial charge is 0.331 e. The molecule has 2 aromatic heterocycles. The van der Waals surface area contributed by atoms with Gasteiger partial charge in [-0.15, -0.1) is 0 Å². The van der Waals surface area contributed by atoms with E-state index in [9.17, 15) is 18.4 Å². The van der Waals surface area contributed by atoms with Gasteiger partial charge in [0.15, 0.2) is 11.4 Å². The molecule has 0 saturated carbocycles. The summed E-state index contributed by atoms with van der Waals surface area (Å²) in [6, 6.07) is 1.38. The predicted octanol–water partition coefficient (Wildman–Crippen LogP) is 1.63. The largest absolute Gasteiger partial charge is 0.479 e. The van der Waals surface area contributed by atoms with Crippen LogP contribution in [0, 0.1) is 0 Å². The van der Waals surface area contributed by atoms with Gasteiger partial charge >= 0.3 is 5.97 Å². The van der Waals surface area contributed by atoms with Gasteiger partial charge in [-0.2, -0.15) is 10.2 Å². The van der Waals surface area contributed by atoms with Crippen LogP contribution >= 0.6 is 0 Å². The Bertz CT molecular complexity index is 751. The summed E-state index contributed by atoms with van der Waals surface area (Å²) in [4.78, 5) is 23.2. The highest BCUT2D eigenvalue weighted by Gasteiger charge is 2.30. The molecule has 2 N–H and O–H groups in total. The predicted molar refractivity (Wildman–Crippen MR) is 75.3 cm³/mol. The van der Waals surface area contributed by atoms with Crippen molar-refractivity contribution in [2.24, 2.45) is 7.05 Å². The third-order valence-corrected chi connectivity index (χ3v) is 3.36. The number of hydrogen-bond donors (Lipinski definition) is 2. The second-order valence-corrected chi connectivity index (χ2v) is 5.33. The molecule has 0 unspecified atom stereocenters. The van der Waals surface area contributed by atoms with Gasteiger partial charge in [0, 0.05) is 19.3 Å². The first-order valence-corrected chi connectivity index (χ1v) is 6.55. The Labute approximate surface area is 129 Å². The highest BCUT2D eigenvalue weighted by Crippen LogP contribution is 2.23. The van der Waals surface area contributed by atoms with Gasteiger partial charge in [0.2, 0.25) is 0 Å². The van der Waals surface area contributed by atoms with E-state index in [2.05, 4.69) is 15.5 Å². The fourth-order valence-corrected chi connectivity index (χ4v) is 1.86. The molecule has 1 amide bonds. The minimum Gasteiger partial charge on any atom is -0.479 e. The molecular formula is C13H15F2N5O3. The number of carbonyl (C=O) groups excluding carboxylic acids is 1. The van der Waals surface area contributed by atoms with E-state index in [1.165, 1.54) is 33.2 Å². The number of carbonyl (C=O) groups is 2. The van der Waals surface area contributed by atoms with Gasteiger partial charge in [0.1, 0.15) is 5.69 Å². The zero-order chi connectivity index (χ0) is 17.4. The number of carboxylic acid groups (broad SMARTS) is 1. The number of carboxylic acids is 1. The quantitative estimate of drug-likeness (QED) is 0.869. The standard InChI is InChI=1S/C13H15F2N5O3/c1-13(2,12(22)23)20-5-4-8(18-20)17-11(21)7-6-16-19(3)9(7)10(14)15/h4-6,10H,1-3H3,(H,22,23)(H,17,18,21). The summed E-state index contributed by atoms with van der Waals surface area (Å²) < 4.78 is 28.0. The van der Waals surface area contributed by atoms with Crippen molar-refractivity contribution in [3.05, 3.63) is 29.7 Å². The van der Waals surface area contributed by atoms with Gasteiger partial charge in [-0.3, -0.25) is 14.2 Å². The van der Waals surface area contributed by atoms with Crippen LogP contribution < -0.4 is 5.32 Å². The molecule has 2 aromatic rings. The van der Waals surface area contributed by atoms with Gasteiger partial charge in [-0.25, -0.2) is 13.6 Å². The molecule has 0 fully saturated rings. The zero-order valence-corrected chi connectivity index (χ0v) is 12.6. The number of rotatable bonds is 5. The fourth-order valence-electron chi connectivity index (χ4n) is 1.86. The Hall–Kier alpha value is -2.78. The summed E-state index contributed by atoms with van der Waals surface area (Å²) >= 11 is 0. The molecule has 0 aliphatic carbocycles. The molecule has 0 atom stereocenters. The second-order valence-electron chi connectivity index (χ2n) is 5.33. The summed E-state index contributed by atoms with van der Waals surface area (Å²) in [6.07, 6.45) is -0.442.